The van der Waals surface area contributed by atoms with Crippen molar-refractivity contribution in [1.29, 1.82) is 0 Å². The van der Waals surface area contributed by atoms with Gasteiger partial charge in [-0.3, -0.25) is 4.79 Å². The summed E-state index contributed by atoms with van der Waals surface area (Å²) in [6.45, 7) is 0.492. The molecule has 23 heavy (non-hydrogen) atoms. The first-order chi connectivity index (χ1) is 11.1. The van der Waals surface area contributed by atoms with Crippen LogP contribution in [0.25, 0.3) is 10.7 Å². The molecule has 0 aliphatic carbocycles. The van der Waals surface area contributed by atoms with Gasteiger partial charge in [-0.05, 0) is 39.5 Å². The molecule has 0 fully saturated rings. The number of carbonyl (C=O) groups excluding carboxylic acids is 1. The monoisotopic (exact) mass is 428 g/mol. The molecule has 0 atom stereocenters. The van der Waals surface area contributed by atoms with E-state index in [0.717, 1.165) is 25.4 Å². The van der Waals surface area contributed by atoms with Crippen LogP contribution in [0.1, 0.15) is 11.3 Å². The van der Waals surface area contributed by atoms with Crippen molar-refractivity contribution in [3.63, 3.8) is 0 Å². The summed E-state index contributed by atoms with van der Waals surface area (Å²) < 4.78 is 3.09. The van der Waals surface area contributed by atoms with Gasteiger partial charge < -0.3 is 10.3 Å². The summed E-state index contributed by atoms with van der Waals surface area (Å²) in [6, 6.07) is 8.10. The highest BCUT2D eigenvalue weighted by Gasteiger charge is 2.16. The zero-order valence-electron chi connectivity index (χ0n) is 11.9. The van der Waals surface area contributed by atoms with Gasteiger partial charge >= 0.3 is 0 Å². The fourth-order valence-corrected chi connectivity index (χ4v) is 5.18. The molecule has 5 nitrogen and oxygen atoms in total. The van der Waals surface area contributed by atoms with E-state index in [1.807, 2.05) is 28.1 Å². The first kappa shape index (κ1) is 16.7. The van der Waals surface area contributed by atoms with E-state index >= 15 is 0 Å². The van der Waals surface area contributed by atoms with Crippen LogP contribution in [-0.2, 0) is 17.1 Å². The first-order valence-electron chi connectivity index (χ1n) is 6.76. The number of nitrogens with two attached hydrogens (primary N) is 1. The van der Waals surface area contributed by atoms with Crippen LogP contribution in [0.2, 0.25) is 0 Å². The largest absolute Gasteiger partial charge is 0.370 e. The van der Waals surface area contributed by atoms with Gasteiger partial charge in [-0.15, -0.1) is 32.9 Å². The van der Waals surface area contributed by atoms with E-state index in [-0.39, 0.29) is 12.3 Å². The summed E-state index contributed by atoms with van der Waals surface area (Å²) in [5, 5.41) is 11.4. The summed E-state index contributed by atoms with van der Waals surface area (Å²) in [5.74, 6) is 1.28. The highest BCUT2D eigenvalue weighted by atomic mass is 79.9. The molecule has 120 valence electrons. The molecule has 3 aromatic rings. The molecule has 0 aromatic carbocycles. The van der Waals surface area contributed by atoms with E-state index in [9.17, 15) is 4.79 Å². The highest BCUT2D eigenvalue weighted by molar-refractivity contribution is 9.11. The molecule has 0 radical (unpaired) electrons. The molecule has 0 aliphatic rings. The van der Waals surface area contributed by atoms with Crippen molar-refractivity contribution in [3.8, 4) is 10.7 Å². The number of hydrogen-bond donors (Lipinski definition) is 1. The maximum Gasteiger partial charge on any atom is 0.219 e. The minimum Gasteiger partial charge on any atom is -0.370 e. The molecular weight excluding hydrogens is 416 g/mol. The van der Waals surface area contributed by atoms with Crippen molar-refractivity contribution in [1.82, 2.24) is 14.8 Å². The lowest BCUT2D eigenvalue weighted by molar-refractivity contribution is -0.118. The number of carbonyl (C=O) groups is 1. The molecule has 0 bridgehead atoms. The molecule has 0 saturated carbocycles. The van der Waals surface area contributed by atoms with Crippen LogP contribution in [0.3, 0.4) is 0 Å². The fourth-order valence-electron chi connectivity index (χ4n) is 1.97. The molecule has 2 N–H and O–H groups in total. The maximum atomic E-state index is 11.1. The number of amides is 1. The van der Waals surface area contributed by atoms with Crippen LogP contribution in [-0.4, -0.2) is 20.7 Å². The Morgan fingerprint density at radius 3 is 2.87 bits per heavy atom. The van der Waals surface area contributed by atoms with Gasteiger partial charge in [0, 0.05) is 23.6 Å². The molecular formula is C14H13BrN4OS3. The third-order valence-corrected chi connectivity index (χ3v) is 6.70. The number of rotatable bonds is 7. The summed E-state index contributed by atoms with van der Waals surface area (Å²) in [5.41, 5.74) is 5.29. The Morgan fingerprint density at radius 1 is 1.35 bits per heavy atom. The van der Waals surface area contributed by atoms with Crippen LogP contribution < -0.4 is 5.73 Å². The fraction of sp³-hybridized carbons (Fsp3) is 0.214. The average Bonchev–Trinajstić information content (AvgIpc) is 3.23. The molecule has 0 spiro atoms. The van der Waals surface area contributed by atoms with E-state index in [1.54, 1.807) is 34.4 Å². The third-order valence-electron chi connectivity index (χ3n) is 3.01. The molecule has 0 unspecified atom stereocenters. The van der Waals surface area contributed by atoms with Gasteiger partial charge in [0.05, 0.1) is 8.66 Å². The van der Waals surface area contributed by atoms with E-state index in [4.69, 9.17) is 5.73 Å². The SMILES string of the molecule is NC(=O)CCn1c(SCc2ccc(Br)s2)nnc1-c1cccs1. The van der Waals surface area contributed by atoms with E-state index in [0.29, 0.717) is 6.54 Å². The van der Waals surface area contributed by atoms with Crippen molar-refractivity contribution in [3.05, 3.63) is 38.3 Å². The average molecular weight is 429 g/mol. The molecule has 0 saturated heterocycles. The smallest absolute Gasteiger partial charge is 0.219 e. The maximum absolute atomic E-state index is 11.1. The van der Waals surface area contributed by atoms with Crippen molar-refractivity contribution in [2.24, 2.45) is 5.73 Å². The Bertz CT molecular complexity index is 797. The summed E-state index contributed by atoms with van der Waals surface area (Å²) in [7, 11) is 0. The minimum atomic E-state index is -0.325. The standard InChI is InChI=1S/C14H13BrN4OS3/c15-11-4-3-9(23-11)8-22-14-18-17-13(10-2-1-7-21-10)19(14)6-5-12(16)20/h1-4,7H,5-6,8H2,(H2,16,20). The lowest BCUT2D eigenvalue weighted by Crippen LogP contribution is -2.14. The van der Waals surface area contributed by atoms with E-state index in [2.05, 4.69) is 32.2 Å². The Kier molecular flexibility index (Phi) is 5.52. The van der Waals surface area contributed by atoms with Crippen molar-refractivity contribution < 1.29 is 4.79 Å². The number of primary amides is 1. The lowest BCUT2D eigenvalue weighted by atomic mass is 10.4. The highest BCUT2D eigenvalue weighted by Crippen LogP contribution is 2.31. The quantitative estimate of drug-likeness (QED) is 0.577. The van der Waals surface area contributed by atoms with Gasteiger partial charge in [0.25, 0.3) is 0 Å². The predicted octanol–water partition coefficient (Wildman–Crippen LogP) is 4.00. The zero-order valence-corrected chi connectivity index (χ0v) is 16.0. The Hall–Kier alpha value is -1.16. The molecule has 9 heteroatoms. The molecule has 3 heterocycles. The number of thiophene rings is 2. The lowest BCUT2D eigenvalue weighted by Gasteiger charge is -2.07. The van der Waals surface area contributed by atoms with Gasteiger partial charge in [0.15, 0.2) is 11.0 Å². The second kappa shape index (κ2) is 7.61. The van der Waals surface area contributed by atoms with Gasteiger partial charge in [-0.1, -0.05) is 17.8 Å². The second-order valence-electron chi connectivity index (χ2n) is 4.65. The predicted molar refractivity (Wildman–Crippen MR) is 98.7 cm³/mol. The molecule has 1 amide bonds. The van der Waals surface area contributed by atoms with E-state index < -0.39 is 0 Å². The van der Waals surface area contributed by atoms with Gasteiger partial charge in [0.1, 0.15) is 0 Å². The summed E-state index contributed by atoms with van der Waals surface area (Å²) >= 11 is 8.39. The second-order valence-corrected chi connectivity index (χ2v) is 9.08. The zero-order chi connectivity index (χ0) is 16.2. The number of hydrogen-bond acceptors (Lipinski definition) is 6. The normalized spacial score (nSPS) is 11.0. The number of nitrogens with zero attached hydrogens (tertiary/aromatic N) is 3. The Morgan fingerprint density at radius 2 is 2.22 bits per heavy atom. The third kappa shape index (κ3) is 4.23. The molecule has 3 aromatic heterocycles. The Balaban J connectivity index is 1.82. The van der Waals surface area contributed by atoms with Gasteiger partial charge in [-0.2, -0.15) is 0 Å². The Labute approximate surface area is 154 Å². The minimum absolute atomic E-state index is 0.272. The number of aromatic nitrogens is 3. The van der Waals surface area contributed by atoms with Crippen LogP contribution in [0.15, 0.2) is 38.6 Å². The van der Waals surface area contributed by atoms with E-state index in [1.165, 1.54) is 4.88 Å². The van der Waals surface area contributed by atoms with Gasteiger partial charge in [0.2, 0.25) is 5.91 Å². The topological polar surface area (TPSA) is 73.8 Å². The number of thioether (sulfide) groups is 1. The van der Waals surface area contributed by atoms with Crippen molar-refractivity contribution >= 4 is 56.3 Å². The van der Waals surface area contributed by atoms with Crippen molar-refractivity contribution in [2.75, 3.05) is 0 Å². The van der Waals surface area contributed by atoms with Crippen LogP contribution >= 0.6 is 50.4 Å². The molecule has 0 aliphatic heterocycles. The summed E-state index contributed by atoms with van der Waals surface area (Å²) in [4.78, 5) is 13.4. The van der Waals surface area contributed by atoms with Crippen LogP contribution in [0.4, 0.5) is 0 Å². The summed E-state index contributed by atoms with van der Waals surface area (Å²) in [6.07, 6.45) is 0.272. The first-order valence-corrected chi connectivity index (χ1v) is 10.2. The van der Waals surface area contributed by atoms with Gasteiger partial charge in [-0.25, -0.2) is 0 Å². The van der Waals surface area contributed by atoms with Crippen molar-refractivity contribution in [2.45, 2.75) is 23.9 Å². The van der Waals surface area contributed by atoms with Crippen LogP contribution in [0.5, 0.6) is 0 Å². The van der Waals surface area contributed by atoms with Crippen LogP contribution in [0, 0.1) is 0 Å². The number of halogens is 1. The molecule has 3 rings (SSSR count).